The molecule has 0 saturated heterocycles. The van der Waals surface area contributed by atoms with Crippen molar-refractivity contribution in [2.75, 3.05) is 5.33 Å². The third kappa shape index (κ3) is 2.87. The van der Waals surface area contributed by atoms with E-state index in [1.54, 1.807) is 12.1 Å². The molecule has 0 aromatic heterocycles. The minimum atomic E-state index is -0.179. The molecule has 1 aromatic rings. The first-order valence-electron chi connectivity index (χ1n) is 3.74. The Labute approximate surface area is 88.4 Å². The smallest absolute Gasteiger partial charge is 0.137 e. The molecule has 0 spiro atoms. The molecular weight excluding hydrogens is 287 g/mol. The lowest BCUT2D eigenvalue weighted by Crippen LogP contribution is -1.87. The van der Waals surface area contributed by atoms with Crippen LogP contribution >= 0.6 is 31.9 Å². The maximum atomic E-state index is 12.9. The summed E-state index contributed by atoms with van der Waals surface area (Å²) >= 11 is 6.45. The third-order valence-electron chi connectivity index (χ3n) is 1.58. The number of halogens is 3. The number of benzene rings is 1. The molecule has 0 nitrogen and oxygen atoms in total. The van der Waals surface area contributed by atoms with Crippen LogP contribution in [0, 0.1) is 5.82 Å². The summed E-state index contributed by atoms with van der Waals surface area (Å²) < 4.78 is 13.5. The van der Waals surface area contributed by atoms with Gasteiger partial charge in [0.1, 0.15) is 5.82 Å². The van der Waals surface area contributed by atoms with Crippen molar-refractivity contribution < 1.29 is 4.39 Å². The van der Waals surface area contributed by atoms with Crippen LogP contribution in [0.3, 0.4) is 0 Å². The Balaban J connectivity index is 2.69. The van der Waals surface area contributed by atoms with Crippen LogP contribution in [0.15, 0.2) is 22.7 Å². The van der Waals surface area contributed by atoms with Gasteiger partial charge in [0.15, 0.2) is 0 Å². The van der Waals surface area contributed by atoms with E-state index in [0.29, 0.717) is 4.47 Å². The molecule has 12 heavy (non-hydrogen) atoms. The van der Waals surface area contributed by atoms with Crippen molar-refractivity contribution >= 4 is 31.9 Å². The number of hydrogen-bond acceptors (Lipinski definition) is 0. The predicted octanol–water partition coefficient (Wildman–Crippen LogP) is 3.92. The molecule has 0 aliphatic rings. The second-order valence-corrected chi connectivity index (χ2v) is 4.19. The van der Waals surface area contributed by atoms with E-state index in [1.165, 1.54) is 0 Å². The highest BCUT2D eigenvalue weighted by molar-refractivity contribution is 9.10. The Hall–Kier alpha value is 0.110. The van der Waals surface area contributed by atoms with Crippen LogP contribution in [-0.2, 0) is 6.42 Å². The van der Waals surface area contributed by atoms with E-state index >= 15 is 0 Å². The van der Waals surface area contributed by atoms with Gasteiger partial charge in [-0.1, -0.05) is 22.0 Å². The first-order chi connectivity index (χ1) is 5.74. The second-order valence-electron chi connectivity index (χ2n) is 2.54. The van der Waals surface area contributed by atoms with Gasteiger partial charge in [0, 0.05) is 5.33 Å². The first-order valence-corrected chi connectivity index (χ1v) is 5.65. The van der Waals surface area contributed by atoms with Gasteiger partial charge in [0.25, 0.3) is 0 Å². The molecule has 0 atom stereocenters. The molecule has 0 amide bonds. The average molecular weight is 296 g/mol. The molecule has 0 aliphatic heterocycles. The van der Waals surface area contributed by atoms with E-state index in [2.05, 4.69) is 31.9 Å². The molecule has 0 unspecified atom stereocenters. The molecule has 0 bridgehead atoms. The summed E-state index contributed by atoms with van der Waals surface area (Å²) in [5, 5.41) is 0.963. The maximum Gasteiger partial charge on any atom is 0.137 e. The quantitative estimate of drug-likeness (QED) is 0.742. The van der Waals surface area contributed by atoms with Gasteiger partial charge in [-0.25, -0.2) is 4.39 Å². The van der Waals surface area contributed by atoms with Crippen molar-refractivity contribution in [3.8, 4) is 0 Å². The standard InChI is InChI=1S/C9H9Br2F/c10-5-1-2-7-3-4-8(11)9(12)6-7/h3-4,6H,1-2,5H2. The Bertz CT molecular complexity index is 261. The topological polar surface area (TPSA) is 0 Å². The Kier molecular flexibility index (Phi) is 4.22. The van der Waals surface area contributed by atoms with E-state index in [4.69, 9.17) is 0 Å². The predicted molar refractivity (Wildman–Crippen MR) is 56.2 cm³/mol. The lowest BCUT2D eigenvalue weighted by molar-refractivity contribution is 0.618. The Morgan fingerprint density at radius 1 is 1.33 bits per heavy atom. The van der Waals surface area contributed by atoms with Crippen LogP contribution in [0.5, 0.6) is 0 Å². The summed E-state index contributed by atoms with van der Waals surface area (Å²) in [7, 11) is 0. The fourth-order valence-corrected chi connectivity index (χ4v) is 1.49. The average Bonchev–Trinajstić information content (AvgIpc) is 2.07. The van der Waals surface area contributed by atoms with Gasteiger partial charge in [-0.2, -0.15) is 0 Å². The van der Waals surface area contributed by atoms with Crippen LogP contribution in [0.4, 0.5) is 4.39 Å². The summed E-state index contributed by atoms with van der Waals surface area (Å²) in [4.78, 5) is 0. The molecule has 1 rings (SSSR count). The summed E-state index contributed by atoms with van der Waals surface area (Å²) in [5.74, 6) is -0.179. The van der Waals surface area contributed by atoms with Crippen molar-refractivity contribution in [1.82, 2.24) is 0 Å². The highest BCUT2D eigenvalue weighted by Crippen LogP contribution is 2.17. The summed E-state index contributed by atoms with van der Waals surface area (Å²) in [5.41, 5.74) is 1.05. The minimum Gasteiger partial charge on any atom is -0.206 e. The molecule has 66 valence electrons. The van der Waals surface area contributed by atoms with Crippen molar-refractivity contribution in [2.24, 2.45) is 0 Å². The van der Waals surface area contributed by atoms with Crippen molar-refractivity contribution in [1.29, 1.82) is 0 Å². The van der Waals surface area contributed by atoms with Crippen LogP contribution < -0.4 is 0 Å². The first kappa shape index (κ1) is 10.2. The normalized spacial score (nSPS) is 10.2. The molecule has 3 heteroatoms. The fraction of sp³-hybridized carbons (Fsp3) is 0.333. The van der Waals surface area contributed by atoms with Crippen LogP contribution in [0.1, 0.15) is 12.0 Å². The third-order valence-corrected chi connectivity index (χ3v) is 2.79. The highest BCUT2D eigenvalue weighted by atomic mass is 79.9. The number of hydrogen-bond donors (Lipinski definition) is 0. The van der Waals surface area contributed by atoms with Gasteiger partial charge in [0.05, 0.1) is 4.47 Å². The van der Waals surface area contributed by atoms with Crippen molar-refractivity contribution in [2.45, 2.75) is 12.8 Å². The van der Waals surface area contributed by atoms with Gasteiger partial charge in [0.2, 0.25) is 0 Å². The molecule has 1 aromatic carbocycles. The molecule has 0 radical (unpaired) electrons. The van der Waals surface area contributed by atoms with Gasteiger partial charge in [-0.3, -0.25) is 0 Å². The SMILES string of the molecule is Fc1cc(CCCBr)ccc1Br. The molecule has 0 aliphatic carbocycles. The number of alkyl halides is 1. The van der Waals surface area contributed by atoms with Crippen molar-refractivity contribution in [3.05, 3.63) is 34.1 Å². The van der Waals surface area contributed by atoms with Gasteiger partial charge in [-0.05, 0) is 46.5 Å². The lowest BCUT2D eigenvalue weighted by atomic mass is 10.1. The monoisotopic (exact) mass is 294 g/mol. The zero-order chi connectivity index (χ0) is 8.97. The zero-order valence-corrected chi connectivity index (χ0v) is 9.66. The summed E-state index contributed by atoms with van der Waals surface area (Å²) in [6, 6.07) is 5.27. The van der Waals surface area contributed by atoms with Crippen molar-refractivity contribution in [3.63, 3.8) is 0 Å². The van der Waals surface area contributed by atoms with E-state index in [9.17, 15) is 4.39 Å². The lowest BCUT2D eigenvalue weighted by Gasteiger charge is -2.00. The zero-order valence-electron chi connectivity index (χ0n) is 6.49. The molecule has 0 fully saturated rings. The summed E-state index contributed by atoms with van der Waals surface area (Å²) in [6.45, 7) is 0. The molecule has 0 N–H and O–H groups in total. The van der Waals surface area contributed by atoms with Gasteiger partial charge < -0.3 is 0 Å². The number of aryl methyl sites for hydroxylation is 1. The molecule has 0 saturated carbocycles. The highest BCUT2D eigenvalue weighted by Gasteiger charge is 1.99. The maximum absolute atomic E-state index is 12.9. The minimum absolute atomic E-state index is 0.179. The van der Waals surface area contributed by atoms with Crippen LogP contribution in [-0.4, -0.2) is 5.33 Å². The van der Waals surface area contributed by atoms with Crippen LogP contribution in [0.2, 0.25) is 0 Å². The van der Waals surface area contributed by atoms with Crippen LogP contribution in [0.25, 0.3) is 0 Å². The second kappa shape index (κ2) is 4.97. The molecular formula is C9H9Br2F. The van der Waals surface area contributed by atoms with E-state index < -0.39 is 0 Å². The summed E-state index contributed by atoms with van der Waals surface area (Å²) in [6.07, 6.45) is 1.97. The Morgan fingerprint density at radius 3 is 2.67 bits per heavy atom. The number of rotatable bonds is 3. The van der Waals surface area contributed by atoms with E-state index in [1.807, 2.05) is 6.07 Å². The van der Waals surface area contributed by atoms with E-state index in [-0.39, 0.29) is 5.82 Å². The largest absolute Gasteiger partial charge is 0.206 e. The van der Waals surface area contributed by atoms with Gasteiger partial charge in [-0.15, -0.1) is 0 Å². The van der Waals surface area contributed by atoms with E-state index in [0.717, 1.165) is 23.7 Å². The van der Waals surface area contributed by atoms with Gasteiger partial charge >= 0.3 is 0 Å². The Morgan fingerprint density at radius 2 is 2.08 bits per heavy atom. The fourth-order valence-electron chi connectivity index (χ4n) is 0.966. The molecule has 0 heterocycles.